The Balaban J connectivity index is 1.31. The number of thioether (sulfide) groups is 1. The summed E-state index contributed by atoms with van der Waals surface area (Å²) >= 11 is 1.50. The quantitative estimate of drug-likeness (QED) is 0.480. The number of imide groups is 1. The van der Waals surface area contributed by atoms with E-state index in [0.29, 0.717) is 48.6 Å². The van der Waals surface area contributed by atoms with Crippen LogP contribution in [0.3, 0.4) is 0 Å². The zero-order valence-electron chi connectivity index (χ0n) is 16.3. The Morgan fingerprint density at radius 2 is 1.69 bits per heavy atom. The van der Waals surface area contributed by atoms with Gasteiger partial charge in [0.05, 0.1) is 24.0 Å². The van der Waals surface area contributed by atoms with Crippen LogP contribution in [0.1, 0.15) is 32.7 Å². The van der Waals surface area contributed by atoms with Gasteiger partial charge in [-0.1, -0.05) is 30.3 Å². The van der Waals surface area contributed by atoms with Crippen LogP contribution < -0.4 is 10.1 Å². The predicted octanol–water partition coefficient (Wildman–Crippen LogP) is 2.77. The van der Waals surface area contributed by atoms with Gasteiger partial charge in [-0.05, 0) is 42.4 Å². The largest absolute Gasteiger partial charge is 0.496 e. The van der Waals surface area contributed by atoms with Gasteiger partial charge in [0.15, 0.2) is 0 Å². The van der Waals surface area contributed by atoms with E-state index < -0.39 is 0 Å². The van der Waals surface area contributed by atoms with Crippen LogP contribution in [-0.2, 0) is 11.2 Å². The van der Waals surface area contributed by atoms with Gasteiger partial charge in [0.1, 0.15) is 5.75 Å². The van der Waals surface area contributed by atoms with Crippen LogP contribution >= 0.6 is 11.8 Å². The number of benzene rings is 2. The summed E-state index contributed by atoms with van der Waals surface area (Å²) in [6.45, 7) is 0.920. The Labute approximate surface area is 174 Å². The number of amides is 3. The number of fused-ring (bicyclic) bond motifs is 1. The van der Waals surface area contributed by atoms with Crippen molar-refractivity contribution in [2.45, 2.75) is 12.8 Å². The molecule has 0 saturated heterocycles. The summed E-state index contributed by atoms with van der Waals surface area (Å²) in [7, 11) is 1.63. The number of hydrogen-bond donors (Lipinski definition) is 1. The normalized spacial score (nSPS) is 12.8. The molecular formula is C22H24N2O4S. The lowest BCUT2D eigenvalue weighted by Crippen LogP contribution is -2.31. The van der Waals surface area contributed by atoms with Crippen molar-refractivity contribution in [1.29, 1.82) is 0 Å². The van der Waals surface area contributed by atoms with Crippen molar-refractivity contribution in [3.05, 3.63) is 65.2 Å². The van der Waals surface area contributed by atoms with Crippen LogP contribution in [0, 0.1) is 0 Å². The maximum absolute atomic E-state index is 12.3. The highest BCUT2D eigenvalue weighted by molar-refractivity contribution is 7.99. The van der Waals surface area contributed by atoms with Gasteiger partial charge in [-0.25, -0.2) is 0 Å². The molecule has 29 heavy (non-hydrogen) atoms. The third kappa shape index (κ3) is 5.17. The minimum Gasteiger partial charge on any atom is -0.496 e. The molecule has 6 nitrogen and oxygen atoms in total. The molecule has 1 heterocycles. The number of ether oxygens (including phenoxy) is 1. The van der Waals surface area contributed by atoms with Crippen molar-refractivity contribution in [3.63, 3.8) is 0 Å². The third-order valence-electron chi connectivity index (χ3n) is 4.69. The maximum atomic E-state index is 12.3. The Morgan fingerprint density at radius 1 is 1.03 bits per heavy atom. The minimum atomic E-state index is -0.232. The molecule has 0 aliphatic carbocycles. The van der Waals surface area contributed by atoms with E-state index in [2.05, 4.69) is 5.32 Å². The zero-order chi connectivity index (χ0) is 20.6. The number of hydrogen-bond acceptors (Lipinski definition) is 5. The minimum absolute atomic E-state index is 0.0226. The van der Waals surface area contributed by atoms with Crippen molar-refractivity contribution in [2.24, 2.45) is 0 Å². The lowest BCUT2D eigenvalue weighted by atomic mass is 10.1. The molecule has 0 radical (unpaired) electrons. The lowest BCUT2D eigenvalue weighted by Gasteiger charge is -2.13. The summed E-state index contributed by atoms with van der Waals surface area (Å²) in [6, 6.07) is 14.6. The first-order chi connectivity index (χ1) is 14.1. The second-order valence-electron chi connectivity index (χ2n) is 6.63. The number of nitrogens with one attached hydrogen (secondary N) is 1. The van der Waals surface area contributed by atoms with Crippen molar-refractivity contribution in [1.82, 2.24) is 10.2 Å². The summed E-state index contributed by atoms with van der Waals surface area (Å²) in [6.07, 6.45) is 1.37. The molecule has 0 fully saturated rings. The first kappa shape index (κ1) is 20.9. The van der Waals surface area contributed by atoms with E-state index in [4.69, 9.17) is 4.74 Å². The molecule has 152 valence electrons. The lowest BCUT2D eigenvalue weighted by molar-refractivity contribution is -0.118. The highest BCUT2D eigenvalue weighted by Gasteiger charge is 2.34. The third-order valence-corrected chi connectivity index (χ3v) is 5.73. The first-order valence-corrected chi connectivity index (χ1v) is 10.7. The second-order valence-corrected chi connectivity index (χ2v) is 7.73. The molecule has 0 bridgehead atoms. The summed E-state index contributed by atoms with van der Waals surface area (Å²) in [5.41, 5.74) is 2.00. The summed E-state index contributed by atoms with van der Waals surface area (Å²) in [4.78, 5) is 37.8. The fraction of sp³-hybridized carbons (Fsp3) is 0.318. The van der Waals surface area contributed by atoms with Gasteiger partial charge in [0.2, 0.25) is 5.91 Å². The average Bonchev–Trinajstić information content (AvgIpc) is 2.99. The highest BCUT2D eigenvalue weighted by atomic mass is 32.2. The van der Waals surface area contributed by atoms with Gasteiger partial charge in [-0.15, -0.1) is 0 Å². The molecule has 3 rings (SSSR count). The highest BCUT2D eigenvalue weighted by Crippen LogP contribution is 2.22. The Bertz CT molecular complexity index is 865. The van der Waals surface area contributed by atoms with E-state index in [1.54, 1.807) is 31.4 Å². The topological polar surface area (TPSA) is 75.7 Å². The van der Waals surface area contributed by atoms with Crippen LogP contribution in [-0.4, -0.2) is 54.3 Å². The molecule has 1 aliphatic rings. The average molecular weight is 413 g/mol. The van der Waals surface area contributed by atoms with Crippen molar-refractivity contribution in [3.8, 4) is 5.75 Å². The smallest absolute Gasteiger partial charge is 0.261 e. The molecule has 1 N–H and O–H groups in total. The predicted molar refractivity (Wildman–Crippen MR) is 113 cm³/mol. The number of carbonyl (C=O) groups excluding carboxylic acids is 3. The first-order valence-electron chi connectivity index (χ1n) is 9.53. The molecule has 0 aromatic heterocycles. The van der Waals surface area contributed by atoms with E-state index in [-0.39, 0.29) is 17.7 Å². The molecule has 0 unspecified atom stereocenters. The molecule has 7 heteroatoms. The Morgan fingerprint density at radius 3 is 2.38 bits per heavy atom. The van der Waals surface area contributed by atoms with Gasteiger partial charge in [0.25, 0.3) is 11.8 Å². The zero-order valence-corrected chi connectivity index (χ0v) is 17.2. The fourth-order valence-electron chi connectivity index (χ4n) is 3.23. The van der Waals surface area contributed by atoms with E-state index in [1.807, 2.05) is 24.3 Å². The number of rotatable bonds is 10. The van der Waals surface area contributed by atoms with Crippen LogP contribution in [0.15, 0.2) is 48.5 Å². The molecule has 0 spiro atoms. The van der Waals surface area contributed by atoms with Crippen molar-refractivity contribution >= 4 is 29.5 Å². The Kier molecular flexibility index (Phi) is 7.30. The van der Waals surface area contributed by atoms with Crippen molar-refractivity contribution < 1.29 is 19.1 Å². The number of carbonyl (C=O) groups is 3. The van der Waals surface area contributed by atoms with E-state index >= 15 is 0 Å². The maximum Gasteiger partial charge on any atom is 0.261 e. The molecular weight excluding hydrogens is 388 g/mol. The number of methoxy groups -OCH3 is 1. The molecule has 0 saturated carbocycles. The van der Waals surface area contributed by atoms with Crippen LogP contribution in [0.2, 0.25) is 0 Å². The summed E-state index contributed by atoms with van der Waals surface area (Å²) < 4.78 is 5.30. The van der Waals surface area contributed by atoms with E-state index in [9.17, 15) is 14.4 Å². The molecule has 2 aromatic rings. The standard InChI is InChI=1S/C22H24N2O4S/c1-28-19-10-5-2-7-16(19)11-12-23-20(25)15-29-14-6-13-24-21(26)17-8-3-4-9-18(17)22(24)27/h2-5,7-10H,6,11-15H2,1H3,(H,23,25). The van der Waals surface area contributed by atoms with Crippen molar-refractivity contribution in [2.75, 3.05) is 31.7 Å². The van der Waals surface area contributed by atoms with E-state index in [1.165, 1.54) is 16.7 Å². The number of para-hydroxylation sites is 1. The fourth-order valence-corrected chi connectivity index (χ4v) is 3.99. The monoisotopic (exact) mass is 412 g/mol. The van der Waals surface area contributed by atoms with Crippen LogP contribution in [0.25, 0.3) is 0 Å². The molecule has 0 atom stereocenters. The summed E-state index contributed by atoms with van der Waals surface area (Å²) in [5, 5.41) is 2.91. The molecule has 1 aliphatic heterocycles. The van der Waals surface area contributed by atoms with Gasteiger partial charge >= 0.3 is 0 Å². The van der Waals surface area contributed by atoms with Gasteiger partial charge in [-0.3, -0.25) is 19.3 Å². The SMILES string of the molecule is COc1ccccc1CCNC(=O)CSCCCN1C(=O)c2ccccc2C1=O. The van der Waals surface area contributed by atoms with Gasteiger partial charge < -0.3 is 10.1 Å². The summed E-state index contributed by atoms with van der Waals surface area (Å²) in [5.74, 6) is 1.39. The van der Waals surface area contributed by atoms with Crippen LogP contribution in [0.4, 0.5) is 0 Å². The van der Waals surface area contributed by atoms with Gasteiger partial charge in [0, 0.05) is 13.1 Å². The second kappa shape index (κ2) is 10.1. The molecule has 3 amide bonds. The Hall–Kier alpha value is -2.80. The van der Waals surface area contributed by atoms with Crippen LogP contribution in [0.5, 0.6) is 5.75 Å². The van der Waals surface area contributed by atoms with Gasteiger partial charge in [-0.2, -0.15) is 11.8 Å². The molecule has 2 aromatic carbocycles. The van der Waals surface area contributed by atoms with E-state index in [0.717, 1.165) is 11.3 Å². The number of nitrogens with zero attached hydrogens (tertiary/aromatic N) is 1.